The molecule has 0 aromatic heterocycles. The largest absolute Gasteiger partial charge is 0.472 e. The number of phosphoric acid groups is 2. The molecule has 0 amide bonds. The normalized spacial score (nSPS) is 14.1. The van der Waals surface area contributed by atoms with E-state index in [2.05, 4.69) is 41.5 Å². The van der Waals surface area contributed by atoms with Crippen LogP contribution in [0.4, 0.5) is 0 Å². The molecule has 0 heterocycles. The summed E-state index contributed by atoms with van der Waals surface area (Å²) in [6.45, 7) is 9.77. The molecule has 19 heteroatoms. The van der Waals surface area contributed by atoms with Crippen LogP contribution in [0.5, 0.6) is 0 Å². The van der Waals surface area contributed by atoms with Crippen LogP contribution < -0.4 is 0 Å². The third-order valence-corrected chi connectivity index (χ3v) is 22.5. The molecule has 105 heavy (non-hydrogen) atoms. The van der Waals surface area contributed by atoms with E-state index in [4.69, 9.17) is 37.0 Å². The summed E-state index contributed by atoms with van der Waals surface area (Å²) >= 11 is 0. The lowest BCUT2D eigenvalue weighted by Crippen LogP contribution is -2.30. The van der Waals surface area contributed by atoms with E-state index in [1.165, 1.54) is 276 Å². The number of ether oxygens (including phenoxy) is 4. The van der Waals surface area contributed by atoms with Gasteiger partial charge in [-0.2, -0.15) is 0 Å². The topological polar surface area (TPSA) is 237 Å². The highest BCUT2D eigenvalue weighted by atomic mass is 31.2. The summed E-state index contributed by atoms with van der Waals surface area (Å²) in [5, 5.41) is 10.7. The number of aliphatic hydroxyl groups excluding tert-OH is 1. The second kappa shape index (κ2) is 77.4. The first-order valence-corrected chi connectivity index (χ1v) is 47.5. The van der Waals surface area contributed by atoms with Crippen LogP contribution in [0.25, 0.3) is 0 Å². The molecule has 0 aliphatic rings. The molecule has 0 aliphatic heterocycles. The molecular weight excluding hydrogens is 1370 g/mol. The number of phosphoric ester groups is 2. The van der Waals surface area contributed by atoms with Crippen molar-refractivity contribution in [1.82, 2.24) is 0 Å². The first-order chi connectivity index (χ1) is 50.9. The highest BCUT2D eigenvalue weighted by Crippen LogP contribution is 2.45. The Bertz CT molecular complexity index is 2010. The molecule has 6 atom stereocenters. The van der Waals surface area contributed by atoms with E-state index in [1.54, 1.807) is 0 Å². The van der Waals surface area contributed by atoms with Crippen LogP contribution in [-0.4, -0.2) is 96.7 Å². The van der Waals surface area contributed by atoms with E-state index in [9.17, 15) is 43.2 Å². The number of hydrogen-bond donors (Lipinski definition) is 3. The number of carbonyl (C=O) groups is 4. The van der Waals surface area contributed by atoms with Gasteiger partial charge in [-0.05, 0) is 37.5 Å². The van der Waals surface area contributed by atoms with Crippen LogP contribution in [0.2, 0.25) is 0 Å². The molecule has 0 radical (unpaired) electrons. The summed E-state index contributed by atoms with van der Waals surface area (Å²) in [5.74, 6) is -0.429. The lowest BCUT2D eigenvalue weighted by molar-refractivity contribution is -0.161. The number of esters is 4. The number of rotatable bonds is 85. The summed E-state index contributed by atoms with van der Waals surface area (Å²) in [4.78, 5) is 73.2. The molecule has 0 aliphatic carbocycles. The minimum Gasteiger partial charge on any atom is -0.462 e. The van der Waals surface area contributed by atoms with Gasteiger partial charge in [0.1, 0.15) is 19.3 Å². The van der Waals surface area contributed by atoms with Gasteiger partial charge in [0.15, 0.2) is 12.2 Å². The van der Waals surface area contributed by atoms with Crippen LogP contribution in [-0.2, 0) is 65.4 Å². The zero-order valence-corrected chi connectivity index (χ0v) is 70.8. The van der Waals surface area contributed by atoms with Gasteiger partial charge in [-0.15, -0.1) is 0 Å². The van der Waals surface area contributed by atoms with Gasteiger partial charge in [-0.1, -0.05) is 408 Å². The number of aliphatic hydroxyl groups is 1. The predicted octanol–water partition coefficient (Wildman–Crippen LogP) is 26.2. The van der Waals surface area contributed by atoms with Crippen LogP contribution in [0.15, 0.2) is 0 Å². The molecule has 0 saturated carbocycles. The van der Waals surface area contributed by atoms with Crippen molar-refractivity contribution >= 4 is 39.5 Å². The second-order valence-corrected chi connectivity index (χ2v) is 34.6. The molecule has 0 rings (SSSR count). The first kappa shape index (κ1) is 103. The van der Waals surface area contributed by atoms with Gasteiger partial charge in [0.25, 0.3) is 0 Å². The fourth-order valence-corrected chi connectivity index (χ4v) is 15.0. The van der Waals surface area contributed by atoms with E-state index < -0.39 is 97.5 Å². The molecule has 0 bridgehead atoms. The summed E-state index contributed by atoms with van der Waals surface area (Å²) < 4.78 is 68.9. The quantitative estimate of drug-likeness (QED) is 0.0222. The maximum absolute atomic E-state index is 13.1. The van der Waals surface area contributed by atoms with Gasteiger partial charge in [0.2, 0.25) is 0 Å². The number of carbonyl (C=O) groups excluding carboxylic acids is 4. The molecule has 3 N–H and O–H groups in total. The highest BCUT2D eigenvalue weighted by Gasteiger charge is 2.30. The van der Waals surface area contributed by atoms with Crippen LogP contribution in [0.1, 0.15) is 459 Å². The van der Waals surface area contributed by atoms with Crippen molar-refractivity contribution in [3.8, 4) is 0 Å². The van der Waals surface area contributed by atoms with Crippen molar-refractivity contribution in [1.29, 1.82) is 0 Å². The standard InChI is InChI=1S/C86H168O17P2/c1-7-10-12-14-16-18-20-22-33-40-46-52-58-64-70-85(90)102-81(74-96-83(88)68-62-56-50-44-38-21-19-17-15-13-11-8-2)76-100-104(92,93)98-72-80(87)73-99-105(94,95)101-77-82(75-97-84(89)69-63-57-51-45-39-34-30-29-31-36-42-48-54-60-66-78(4)5)103-86(91)71-65-59-53-47-41-35-28-26-24-23-25-27-32-37-43-49-55-61-67-79(6)9-3/h78-82,87H,7-77H2,1-6H3,(H,92,93)(H,94,95)/t79?,80-,81+,82+/m0/s1. The van der Waals surface area contributed by atoms with Crippen LogP contribution in [0.3, 0.4) is 0 Å². The van der Waals surface area contributed by atoms with E-state index in [0.29, 0.717) is 25.7 Å². The third-order valence-electron chi connectivity index (χ3n) is 20.6. The highest BCUT2D eigenvalue weighted by molar-refractivity contribution is 7.47. The van der Waals surface area contributed by atoms with Gasteiger partial charge in [0, 0.05) is 25.7 Å². The van der Waals surface area contributed by atoms with Crippen molar-refractivity contribution < 1.29 is 80.2 Å². The molecule has 0 saturated heterocycles. The van der Waals surface area contributed by atoms with Gasteiger partial charge in [-0.3, -0.25) is 37.3 Å². The SMILES string of the molecule is CCCCCCCCCCCCCCCCC(=O)O[C@H](COC(=O)CCCCCCCCCCCCCC)COP(=O)(O)OC[C@H](O)COP(=O)(O)OC[C@@H](COC(=O)CCCCCCCCCCCCCCCCC(C)C)OC(=O)CCCCCCCCCCCCCCCCCCCCC(C)CC. The van der Waals surface area contributed by atoms with Crippen molar-refractivity contribution in [3.63, 3.8) is 0 Å². The fraction of sp³-hybridized carbons (Fsp3) is 0.953. The Labute approximate surface area is 645 Å². The summed E-state index contributed by atoms with van der Waals surface area (Å²) in [6.07, 6.45) is 69.2. The Morgan fingerprint density at radius 3 is 0.724 bits per heavy atom. The average molecular weight is 1540 g/mol. The van der Waals surface area contributed by atoms with Gasteiger partial charge >= 0.3 is 39.5 Å². The number of unbranched alkanes of at least 4 members (excludes halogenated alkanes) is 54. The van der Waals surface area contributed by atoms with Crippen molar-refractivity contribution in [2.45, 2.75) is 477 Å². The molecule has 3 unspecified atom stereocenters. The zero-order chi connectivity index (χ0) is 77.1. The summed E-state index contributed by atoms with van der Waals surface area (Å²) in [7, 11) is -9.93. The van der Waals surface area contributed by atoms with Gasteiger partial charge < -0.3 is 33.8 Å². The Morgan fingerprint density at radius 2 is 0.486 bits per heavy atom. The molecule has 0 aromatic rings. The van der Waals surface area contributed by atoms with Crippen molar-refractivity contribution in [3.05, 3.63) is 0 Å². The molecular formula is C86H168O17P2. The predicted molar refractivity (Wildman–Crippen MR) is 432 cm³/mol. The van der Waals surface area contributed by atoms with E-state index in [-0.39, 0.29) is 25.7 Å². The monoisotopic (exact) mass is 1540 g/mol. The lowest BCUT2D eigenvalue weighted by Gasteiger charge is -2.21. The Morgan fingerprint density at radius 1 is 0.276 bits per heavy atom. The summed E-state index contributed by atoms with van der Waals surface area (Å²) in [5.41, 5.74) is 0. The molecule has 0 spiro atoms. The van der Waals surface area contributed by atoms with Crippen molar-refractivity contribution in [2.24, 2.45) is 11.8 Å². The van der Waals surface area contributed by atoms with Gasteiger partial charge in [-0.25, -0.2) is 9.13 Å². The number of hydrogen-bond acceptors (Lipinski definition) is 15. The minimum atomic E-state index is -4.97. The lowest BCUT2D eigenvalue weighted by atomic mass is 9.99. The maximum atomic E-state index is 13.1. The average Bonchev–Trinajstić information content (AvgIpc) is 0.905. The Kier molecular flexibility index (Phi) is 76.0. The van der Waals surface area contributed by atoms with Crippen LogP contribution in [0, 0.1) is 11.8 Å². The zero-order valence-electron chi connectivity index (χ0n) is 69.0. The molecule has 17 nitrogen and oxygen atoms in total. The minimum absolute atomic E-state index is 0.109. The Balaban J connectivity index is 5.24. The van der Waals surface area contributed by atoms with E-state index >= 15 is 0 Å². The molecule has 624 valence electrons. The van der Waals surface area contributed by atoms with Gasteiger partial charge in [0.05, 0.1) is 26.4 Å². The Hall–Kier alpha value is -1.94. The van der Waals surface area contributed by atoms with Crippen LogP contribution >= 0.6 is 15.6 Å². The smallest absolute Gasteiger partial charge is 0.462 e. The molecule has 0 fully saturated rings. The molecule has 0 aromatic carbocycles. The second-order valence-electron chi connectivity index (χ2n) is 31.6. The van der Waals surface area contributed by atoms with E-state index in [1.807, 2.05) is 0 Å². The maximum Gasteiger partial charge on any atom is 0.472 e. The third kappa shape index (κ3) is 78.5. The fourth-order valence-electron chi connectivity index (χ4n) is 13.4. The summed E-state index contributed by atoms with van der Waals surface area (Å²) in [6, 6.07) is 0. The first-order valence-electron chi connectivity index (χ1n) is 44.5. The van der Waals surface area contributed by atoms with Crippen molar-refractivity contribution in [2.75, 3.05) is 39.6 Å². The van der Waals surface area contributed by atoms with E-state index in [0.717, 1.165) is 102 Å².